The smallest absolute Gasteiger partial charge is 0.257 e. The molecule has 4 aromatic rings. The molecule has 0 radical (unpaired) electrons. The average Bonchev–Trinajstić information content (AvgIpc) is 3.22. The summed E-state index contributed by atoms with van der Waals surface area (Å²) in [5, 5.41) is 4.77. The zero-order valence-electron chi connectivity index (χ0n) is 16.6. The van der Waals surface area contributed by atoms with Gasteiger partial charge < -0.3 is 15.0 Å². The molecule has 0 aliphatic rings. The first-order valence-corrected chi connectivity index (χ1v) is 10.3. The van der Waals surface area contributed by atoms with Crippen LogP contribution in [-0.4, -0.2) is 29.0 Å². The Kier molecular flexibility index (Phi) is 5.24. The standard InChI is InChI=1S/C22H22FN3O2S/c1-12-4-6-17(23)22-21(12)16(13(2)25-22)8-9-24-20(27)11-28-15-5-7-19-18(10-15)26-14(3)29-19/h4-7,10,25H,8-9,11H2,1-3H3,(H,24,27). The molecular formula is C22H22FN3O2S. The summed E-state index contributed by atoms with van der Waals surface area (Å²) < 4.78 is 20.7. The molecular weight excluding hydrogens is 389 g/mol. The molecule has 2 N–H and O–H groups in total. The molecule has 5 nitrogen and oxygen atoms in total. The van der Waals surface area contributed by atoms with Crippen molar-refractivity contribution in [3.63, 3.8) is 0 Å². The van der Waals surface area contributed by atoms with Crippen LogP contribution in [0.15, 0.2) is 30.3 Å². The first-order valence-electron chi connectivity index (χ1n) is 9.45. The Morgan fingerprint density at radius 2 is 2.07 bits per heavy atom. The zero-order chi connectivity index (χ0) is 20.5. The van der Waals surface area contributed by atoms with E-state index in [1.165, 1.54) is 6.07 Å². The summed E-state index contributed by atoms with van der Waals surface area (Å²) in [6, 6.07) is 8.90. The molecule has 0 fully saturated rings. The van der Waals surface area contributed by atoms with Crippen molar-refractivity contribution in [2.45, 2.75) is 27.2 Å². The largest absolute Gasteiger partial charge is 0.484 e. The van der Waals surface area contributed by atoms with Gasteiger partial charge in [-0.15, -0.1) is 11.3 Å². The fourth-order valence-electron chi connectivity index (χ4n) is 3.59. The minimum Gasteiger partial charge on any atom is -0.484 e. The van der Waals surface area contributed by atoms with Gasteiger partial charge in [-0.05, 0) is 56.5 Å². The van der Waals surface area contributed by atoms with Crippen molar-refractivity contribution >= 4 is 38.4 Å². The van der Waals surface area contributed by atoms with E-state index in [0.717, 1.165) is 37.4 Å². The summed E-state index contributed by atoms with van der Waals surface area (Å²) in [7, 11) is 0. The van der Waals surface area contributed by atoms with Crippen molar-refractivity contribution in [1.82, 2.24) is 15.3 Å². The van der Waals surface area contributed by atoms with Crippen LogP contribution in [0.25, 0.3) is 21.1 Å². The van der Waals surface area contributed by atoms with Gasteiger partial charge in [0.25, 0.3) is 5.91 Å². The molecule has 0 saturated carbocycles. The number of fused-ring (bicyclic) bond motifs is 2. The molecule has 29 heavy (non-hydrogen) atoms. The average molecular weight is 412 g/mol. The Balaban J connectivity index is 1.35. The summed E-state index contributed by atoms with van der Waals surface area (Å²) in [6.07, 6.45) is 0.617. The number of carbonyl (C=O) groups is 1. The van der Waals surface area contributed by atoms with E-state index in [4.69, 9.17) is 4.74 Å². The van der Waals surface area contributed by atoms with E-state index in [-0.39, 0.29) is 18.3 Å². The van der Waals surface area contributed by atoms with Gasteiger partial charge in [-0.2, -0.15) is 0 Å². The summed E-state index contributed by atoms with van der Waals surface area (Å²) in [5.41, 5.74) is 4.37. The minimum atomic E-state index is -0.260. The van der Waals surface area contributed by atoms with Crippen LogP contribution in [0.5, 0.6) is 5.75 Å². The number of nitrogens with zero attached hydrogens (tertiary/aromatic N) is 1. The highest BCUT2D eigenvalue weighted by atomic mass is 32.1. The molecule has 0 saturated heterocycles. The second kappa shape index (κ2) is 7.83. The van der Waals surface area contributed by atoms with E-state index in [0.29, 0.717) is 24.2 Å². The van der Waals surface area contributed by atoms with Gasteiger partial charge in [-0.25, -0.2) is 9.37 Å². The third-order valence-corrected chi connectivity index (χ3v) is 5.91. The van der Waals surface area contributed by atoms with E-state index in [2.05, 4.69) is 15.3 Å². The lowest BCUT2D eigenvalue weighted by Crippen LogP contribution is -2.30. The predicted octanol–water partition coefficient (Wildman–Crippen LogP) is 4.58. The summed E-state index contributed by atoms with van der Waals surface area (Å²) in [4.78, 5) is 19.7. The Morgan fingerprint density at radius 1 is 1.24 bits per heavy atom. The molecule has 2 aromatic heterocycles. The van der Waals surface area contributed by atoms with Crippen LogP contribution in [0.2, 0.25) is 0 Å². The molecule has 0 unspecified atom stereocenters. The van der Waals surface area contributed by atoms with Gasteiger partial charge in [0.15, 0.2) is 6.61 Å². The summed E-state index contributed by atoms with van der Waals surface area (Å²) in [6.45, 7) is 6.25. The van der Waals surface area contributed by atoms with Crippen LogP contribution in [0.3, 0.4) is 0 Å². The minimum absolute atomic E-state index is 0.0604. The number of H-pyrrole nitrogens is 1. The van der Waals surface area contributed by atoms with Gasteiger partial charge in [0, 0.05) is 23.7 Å². The second-order valence-electron chi connectivity index (χ2n) is 7.09. The van der Waals surface area contributed by atoms with Crippen molar-refractivity contribution in [1.29, 1.82) is 0 Å². The third-order valence-electron chi connectivity index (χ3n) is 4.96. The van der Waals surface area contributed by atoms with E-state index in [9.17, 15) is 9.18 Å². The zero-order valence-corrected chi connectivity index (χ0v) is 17.4. The monoisotopic (exact) mass is 411 g/mol. The van der Waals surface area contributed by atoms with E-state index >= 15 is 0 Å². The fraction of sp³-hybridized carbons (Fsp3) is 0.273. The molecule has 7 heteroatoms. The number of rotatable bonds is 6. The van der Waals surface area contributed by atoms with E-state index in [1.807, 2.05) is 39.0 Å². The Hall–Kier alpha value is -2.93. The Labute approximate surface area is 171 Å². The fourth-order valence-corrected chi connectivity index (χ4v) is 4.40. The van der Waals surface area contributed by atoms with Crippen molar-refractivity contribution in [2.75, 3.05) is 13.2 Å². The first kappa shape index (κ1) is 19.4. The predicted molar refractivity (Wildman–Crippen MR) is 114 cm³/mol. The van der Waals surface area contributed by atoms with Crippen molar-refractivity contribution in [2.24, 2.45) is 0 Å². The number of amides is 1. The highest BCUT2D eigenvalue weighted by molar-refractivity contribution is 7.18. The number of aryl methyl sites for hydroxylation is 3. The molecule has 0 aliphatic heterocycles. The lowest BCUT2D eigenvalue weighted by atomic mass is 10.0. The molecule has 150 valence electrons. The number of aromatic amines is 1. The number of carbonyl (C=O) groups excluding carboxylic acids is 1. The lowest BCUT2D eigenvalue weighted by molar-refractivity contribution is -0.123. The Morgan fingerprint density at radius 3 is 2.90 bits per heavy atom. The number of thiazole rings is 1. The molecule has 2 aromatic carbocycles. The topological polar surface area (TPSA) is 67.0 Å². The number of hydrogen-bond acceptors (Lipinski definition) is 4. The van der Waals surface area contributed by atoms with Gasteiger partial charge in [0.2, 0.25) is 0 Å². The second-order valence-corrected chi connectivity index (χ2v) is 8.33. The highest BCUT2D eigenvalue weighted by Gasteiger charge is 2.14. The SMILES string of the molecule is Cc1nc2cc(OCC(=O)NCCc3c(C)[nH]c4c(F)ccc(C)c34)ccc2s1. The van der Waals surface area contributed by atoms with Crippen LogP contribution in [-0.2, 0) is 11.2 Å². The number of ether oxygens (including phenoxy) is 1. The summed E-state index contributed by atoms with van der Waals surface area (Å²) >= 11 is 1.63. The number of nitrogens with one attached hydrogen (secondary N) is 2. The van der Waals surface area contributed by atoms with Crippen LogP contribution in [0.4, 0.5) is 4.39 Å². The van der Waals surface area contributed by atoms with Crippen LogP contribution in [0.1, 0.15) is 21.8 Å². The van der Waals surface area contributed by atoms with E-state index in [1.54, 1.807) is 17.4 Å². The number of benzene rings is 2. The van der Waals surface area contributed by atoms with Gasteiger partial charge in [0.1, 0.15) is 11.6 Å². The molecule has 0 atom stereocenters. The highest BCUT2D eigenvalue weighted by Crippen LogP contribution is 2.28. The molecule has 1 amide bonds. The van der Waals surface area contributed by atoms with E-state index < -0.39 is 0 Å². The summed E-state index contributed by atoms with van der Waals surface area (Å²) in [5.74, 6) is 0.168. The third kappa shape index (κ3) is 3.96. The maximum atomic E-state index is 14.0. The van der Waals surface area contributed by atoms with Gasteiger partial charge >= 0.3 is 0 Å². The molecule has 4 rings (SSSR count). The van der Waals surface area contributed by atoms with Crippen molar-refractivity contribution in [3.05, 3.63) is 58.0 Å². The van der Waals surface area contributed by atoms with Gasteiger partial charge in [-0.1, -0.05) is 6.07 Å². The Bertz CT molecular complexity index is 1210. The van der Waals surface area contributed by atoms with Gasteiger partial charge in [0.05, 0.1) is 20.7 Å². The van der Waals surface area contributed by atoms with Crippen LogP contribution < -0.4 is 10.1 Å². The van der Waals surface area contributed by atoms with Crippen LogP contribution in [0, 0.1) is 26.6 Å². The molecule has 2 heterocycles. The van der Waals surface area contributed by atoms with Gasteiger partial charge in [-0.3, -0.25) is 4.79 Å². The molecule has 0 aliphatic carbocycles. The van der Waals surface area contributed by atoms with Crippen LogP contribution >= 0.6 is 11.3 Å². The van der Waals surface area contributed by atoms with Crippen molar-refractivity contribution < 1.29 is 13.9 Å². The number of halogens is 1. The van der Waals surface area contributed by atoms with Crippen molar-refractivity contribution in [3.8, 4) is 5.75 Å². The molecule has 0 spiro atoms. The maximum Gasteiger partial charge on any atom is 0.257 e. The number of hydrogen-bond donors (Lipinski definition) is 2. The molecule has 0 bridgehead atoms. The lowest BCUT2D eigenvalue weighted by Gasteiger charge is -2.08. The normalized spacial score (nSPS) is 11.3. The quantitative estimate of drug-likeness (QED) is 0.488. The maximum absolute atomic E-state index is 14.0. The number of aromatic nitrogens is 2. The first-order chi connectivity index (χ1) is 13.9.